The predicted octanol–water partition coefficient (Wildman–Crippen LogP) is 3.42. The highest BCUT2D eigenvalue weighted by Crippen LogP contribution is 2.25. The number of nitriles is 1. The summed E-state index contributed by atoms with van der Waals surface area (Å²) in [6, 6.07) is 14.0. The number of aryl methyl sites for hydroxylation is 1. The number of anilines is 1. The van der Waals surface area contributed by atoms with E-state index < -0.39 is 0 Å². The fourth-order valence-electron chi connectivity index (χ4n) is 3.36. The van der Waals surface area contributed by atoms with Gasteiger partial charge < -0.3 is 5.32 Å². The number of hydrogen-bond donors (Lipinski definition) is 1. The molecule has 2 aromatic rings. The van der Waals surface area contributed by atoms with Crippen LogP contribution in [0.2, 0.25) is 0 Å². The van der Waals surface area contributed by atoms with Crippen molar-refractivity contribution in [1.29, 1.82) is 5.26 Å². The largest absolute Gasteiger partial charge is 0.326 e. The second-order valence-electron chi connectivity index (χ2n) is 6.61. The van der Waals surface area contributed by atoms with Crippen LogP contribution < -0.4 is 5.32 Å². The van der Waals surface area contributed by atoms with Crippen LogP contribution in [0.15, 0.2) is 59.0 Å². The van der Waals surface area contributed by atoms with E-state index in [2.05, 4.69) is 27.9 Å². The van der Waals surface area contributed by atoms with Crippen molar-refractivity contribution in [1.82, 2.24) is 0 Å². The smallest absolute Gasteiger partial charge is 0.228 e. The van der Waals surface area contributed by atoms with Gasteiger partial charge in [0.2, 0.25) is 5.91 Å². The van der Waals surface area contributed by atoms with Gasteiger partial charge in [-0.1, -0.05) is 18.2 Å². The van der Waals surface area contributed by atoms with Crippen LogP contribution in [0.4, 0.5) is 5.69 Å². The van der Waals surface area contributed by atoms with E-state index in [1.165, 1.54) is 0 Å². The number of nitrogens with zero attached hydrogens (tertiary/aromatic N) is 3. The lowest BCUT2D eigenvalue weighted by atomic mass is 9.99. The first-order chi connectivity index (χ1) is 13.2. The van der Waals surface area contributed by atoms with Crippen LogP contribution >= 0.6 is 0 Å². The summed E-state index contributed by atoms with van der Waals surface area (Å²) in [4.78, 5) is 20.7. The van der Waals surface area contributed by atoms with Crippen LogP contribution in [0.25, 0.3) is 0 Å². The third-order valence-corrected chi connectivity index (χ3v) is 4.79. The zero-order valence-corrected chi connectivity index (χ0v) is 14.8. The Labute approximate surface area is 157 Å². The number of benzene rings is 2. The quantitative estimate of drug-likeness (QED) is 0.835. The first-order valence-corrected chi connectivity index (χ1v) is 8.87. The molecular formula is C22H18N4O. The Balaban J connectivity index is 1.59. The van der Waals surface area contributed by atoms with Gasteiger partial charge in [-0.2, -0.15) is 5.26 Å². The molecule has 0 aliphatic carbocycles. The number of allylic oxidation sites excluding steroid dienone is 1. The minimum atomic E-state index is 0.0141. The van der Waals surface area contributed by atoms with E-state index in [-0.39, 0.29) is 5.91 Å². The predicted molar refractivity (Wildman–Crippen MR) is 106 cm³/mol. The molecule has 2 aromatic carbocycles. The van der Waals surface area contributed by atoms with E-state index in [0.717, 1.165) is 46.5 Å². The van der Waals surface area contributed by atoms with Crippen LogP contribution in [0, 0.1) is 11.3 Å². The van der Waals surface area contributed by atoms with Crippen molar-refractivity contribution >= 4 is 23.1 Å². The molecule has 2 heterocycles. The maximum atomic E-state index is 11.5. The van der Waals surface area contributed by atoms with Crippen molar-refractivity contribution in [3.05, 3.63) is 76.9 Å². The van der Waals surface area contributed by atoms with E-state index in [9.17, 15) is 10.1 Å². The molecule has 0 atom stereocenters. The van der Waals surface area contributed by atoms with Crippen molar-refractivity contribution in [2.75, 3.05) is 11.9 Å². The van der Waals surface area contributed by atoms with E-state index >= 15 is 0 Å². The third-order valence-electron chi connectivity index (χ3n) is 4.79. The van der Waals surface area contributed by atoms with Gasteiger partial charge in [0.15, 0.2) is 5.84 Å². The molecule has 27 heavy (non-hydrogen) atoms. The van der Waals surface area contributed by atoms with Crippen molar-refractivity contribution in [2.45, 2.75) is 19.3 Å². The molecule has 2 aliphatic heterocycles. The van der Waals surface area contributed by atoms with Crippen molar-refractivity contribution < 1.29 is 4.79 Å². The average Bonchev–Trinajstić information content (AvgIpc) is 3.31. The van der Waals surface area contributed by atoms with Crippen molar-refractivity contribution in [3.8, 4) is 6.07 Å². The van der Waals surface area contributed by atoms with Crippen LogP contribution in [0.1, 0.15) is 34.2 Å². The Bertz CT molecular complexity index is 1060. The summed E-state index contributed by atoms with van der Waals surface area (Å²) in [7, 11) is 0. The van der Waals surface area contributed by atoms with Gasteiger partial charge in [0.05, 0.1) is 30.3 Å². The molecule has 0 aromatic heterocycles. The molecule has 132 valence electrons. The standard InChI is InChI=1S/C22H18N4O/c1-2-3-4-14-5-6-15(9-18(14)12-23)20-13-24-22(26-20)16-7-8-19-17(10-16)11-21(27)25-19/h2,5-10H,1,3-4,11,13H2,(H,25,27). The van der Waals surface area contributed by atoms with Gasteiger partial charge >= 0.3 is 0 Å². The summed E-state index contributed by atoms with van der Waals surface area (Å²) < 4.78 is 0. The average molecular weight is 354 g/mol. The Morgan fingerprint density at radius 2 is 2.07 bits per heavy atom. The highest BCUT2D eigenvalue weighted by Gasteiger charge is 2.20. The Morgan fingerprint density at radius 3 is 2.89 bits per heavy atom. The highest BCUT2D eigenvalue weighted by atomic mass is 16.1. The fraction of sp³-hybridized carbons (Fsp3) is 0.182. The normalized spacial score (nSPS) is 14.9. The third kappa shape index (κ3) is 3.30. The van der Waals surface area contributed by atoms with Gasteiger partial charge in [0.1, 0.15) is 0 Å². The number of fused-ring (bicyclic) bond motifs is 1. The highest BCUT2D eigenvalue weighted by molar-refractivity contribution is 6.17. The first kappa shape index (κ1) is 16.9. The molecule has 5 nitrogen and oxygen atoms in total. The number of carbonyl (C=O) groups excluding carboxylic acids is 1. The minimum absolute atomic E-state index is 0.0141. The second-order valence-corrected chi connectivity index (χ2v) is 6.61. The Hall–Kier alpha value is -3.52. The lowest BCUT2D eigenvalue weighted by Crippen LogP contribution is -2.04. The molecule has 1 amide bonds. The summed E-state index contributed by atoms with van der Waals surface area (Å²) in [5.74, 6) is 0.682. The molecule has 0 fully saturated rings. The van der Waals surface area contributed by atoms with Crippen molar-refractivity contribution in [2.24, 2.45) is 9.98 Å². The van der Waals surface area contributed by atoms with Crippen LogP contribution in [-0.2, 0) is 17.6 Å². The van der Waals surface area contributed by atoms with Crippen LogP contribution in [0.5, 0.6) is 0 Å². The number of amides is 1. The van der Waals surface area contributed by atoms with E-state index in [4.69, 9.17) is 0 Å². The second kappa shape index (κ2) is 7.00. The molecule has 0 spiro atoms. The van der Waals surface area contributed by atoms with E-state index in [1.54, 1.807) is 0 Å². The summed E-state index contributed by atoms with van der Waals surface area (Å²) >= 11 is 0. The lowest BCUT2D eigenvalue weighted by Gasteiger charge is -2.06. The van der Waals surface area contributed by atoms with Crippen LogP contribution in [0.3, 0.4) is 0 Å². The summed E-state index contributed by atoms with van der Waals surface area (Å²) in [6.45, 7) is 4.22. The van der Waals surface area contributed by atoms with Gasteiger partial charge in [0, 0.05) is 11.3 Å². The summed E-state index contributed by atoms with van der Waals surface area (Å²) in [5, 5.41) is 12.3. The lowest BCUT2D eigenvalue weighted by molar-refractivity contribution is -0.115. The van der Waals surface area contributed by atoms with Crippen LogP contribution in [-0.4, -0.2) is 24.0 Å². The topological polar surface area (TPSA) is 77.6 Å². The molecule has 0 unspecified atom stereocenters. The summed E-state index contributed by atoms with van der Waals surface area (Å²) in [5.41, 5.74) is 6.22. The van der Waals surface area contributed by atoms with Gasteiger partial charge in [0.25, 0.3) is 0 Å². The van der Waals surface area contributed by atoms with Gasteiger partial charge in [-0.25, -0.2) is 4.99 Å². The number of carbonyl (C=O) groups is 1. The number of aliphatic imine (C=N–C) groups is 2. The zero-order valence-electron chi connectivity index (χ0n) is 14.8. The molecule has 5 heteroatoms. The van der Waals surface area contributed by atoms with Gasteiger partial charge in [-0.15, -0.1) is 6.58 Å². The van der Waals surface area contributed by atoms with Gasteiger partial charge in [-0.3, -0.25) is 9.79 Å². The first-order valence-electron chi connectivity index (χ1n) is 8.87. The molecule has 0 bridgehead atoms. The molecular weight excluding hydrogens is 336 g/mol. The Morgan fingerprint density at radius 1 is 1.22 bits per heavy atom. The molecule has 2 aliphatic rings. The number of amidine groups is 1. The monoisotopic (exact) mass is 354 g/mol. The SMILES string of the molecule is C=CCCc1ccc(C2=NC(c3ccc4c(c3)CC(=O)N4)=NC2)cc1C#N. The van der Waals surface area contributed by atoms with E-state index in [0.29, 0.717) is 24.4 Å². The van der Waals surface area contributed by atoms with E-state index in [1.807, 2.05) is 42.5 Å². The zero-order chi connectivity index (χ0) is 18.8. The number of nitrogens with one attached hydrogen (secondary N) is 1. The maximum Gasteiger partial charge on any atom is 0.228 e. The fourth-order valence-corrected chi connectivity index (χ4v) is 3.36. The maximum absolute atomic E-state index is 11.5. The molecule has 0 radical (unpaired) electrons. The van der Waals surface area contributed by atoms with Gasteiger partial charge in [-0.05, 0) is 53.8 Å². The van der Waals surface area contributed by atoms with Crippen molar-refractivity contribution in [3.63, 3.8) is 0 Å². The molecule has 0 saturated carbocycles. The number of rotatable bonds is 5. The summed E-state index contributed by atoms with van der Waals surface area (Å²) in [6.07, 6.45) is 3.90. The number of hydrogen-bond acceptors (Lipinski definition) is 4. The molecule has 1 N–H and O–H groups in total. The Kier molecular flexibility index (Phi) is 4.39. The molecule has 0 saturated heterocycles. The minimum Gasteiger partial charge on any atom is -0.326 e. The molecule has 4 rings (SSSR count).